The zero-order valence-electron chi connectivity index (χ0n) is 11.2. The Balaban J connectivity index is 2.47. The second kappa shape index (κ2) is 4.40. The van der Waals surface area contributed by atoms with Crippen LogP contribution in [0, 0.1) is 0 Å². The summed E-state index contributed by atoms with van der Waals surface area (Å²) in [4.78, 5) is 20.4. The van der Waals surface area contributed by atoms with Crippen LogP contribution in [0.3, 0.4) is 0 Å². The monoisotopic (exact) mass is 246 g/mol. The molecule has 0 aliphatic carbocycles. The molecule has 5 nitrogen and oxygen atoms in total. The van der Waals surface area contributed by atoms with Gasteiger partial charge in [-0.05, 0) is 6.07 Å². The maximum absolute atomic E-state index is 11.4. The van der Waals surface area contributed by atoms with Crippen LogP contribution < -0.4 is 5.32 Å². The molecule has 0 unspecified atom stereocenters. The van der Waals surface area contributed by atoms with Gasteiger partial charge in [-0.15, -0.1) is 0 Å². The first-order valence-corrected chi connectivity index (χ1v) is 5.95. The SMILES string of the molecule is CNC(=O)Cn1ccc2cnc(C(C)(C)C)nc21. The molecule has 1 N–H and O–H groups in total. The summed E-state index contributed by atoms with van der Waals surface area (Å²) >= 11 is 0. The van der Waals surface area contributed by atoms with Gasteiger partial charge in [0, 0.05) is 30.2 Å². The smallest absolute Gasteiger partial charge is 0.239 e. The Hall–Kier alpha value is -1.91. The highest BCUT2D eigenvalue weighted by molar-refractivity contribution is 5.80. The Labute approximate surface area is 106 Å². The number of carbonyl (C=O) groups excluding carboxylic acids is 1. The largest absolute Gasteiger partial charge is 0.358 e. The number of amides is 1. The van der Waals surface area contributed by atoms with Crippen molar-refractivity contribution in [1.82, 2.24) is 19.9 Å². The van der Waals surface area contributed by atoms with Crippen molar-refractivity contribution >= 4 is 16.9 Å². The molecule has 96 valence electrons. The summed E-state index contributed by atoms with van der Waals surface area (Å²) < 4.78 is 1.84. The van der Waals surface area contributed by atoms with E-state index in [9.17, 15) is 4.79 Å². The lowest BCUT2D eigenvalue weighted by Gasteiger charge is -2.16. The maximum atomic E-state index is 11.4. The second-order valence-corrected chi connectivity index (χ2v) is 5.34. The number of hydrogen-bond donors (Lipinski definition) is 1. The zero-order chi connectivity index (χ0) is 13.3. The topological polar surface area (TPSA) is 59.8 Å². The average molecular weight is 246 g/mol. The van der Waals surface area contributed by atoms with Crippen molar-refractivity contribution in [3.8, 4) is 0 Å². The van der Waals surface area contributed by atoms with Crippen LogP contribution in [0.1, 0.15) is 26.6 Å². The minimum absolute atomic E-state index is 0.0385. The van der Waals surface area contributed by atoms with Gasteiger partial charge in [-0.1, -0.05) is 20.8 Å². The predicted molar refractivity (Wildman–Crippen MR) is 70.3 cm³/mol. The Bertz CT molecular complexity index is 580. The van der Waals surface area contributed by atoms with Crippen LogP contribution in [-0.2, 0) is 16.8 Å². The quantitative estimate of drug-likeness (QED) is 0.873. The molecule has 2 aromatic rings. The summed E-state index contributed by atoms with van der Waals surface area (Å²) in [6.45, 7) is 6.49. The van der Waals surface area contributed by atoms with Crippen LogP contribution >= 0.6 is 0 Å². The summed E-state index contributed by atoms with van der Waals surface area (Å²) in [6.07, 6.45) is 3.67. The standard InChI is InChI=1S/C13H18N4O/c1-13(2,3)12-15-7-9-5-6-17(11(9)16-12)8-10(18)14-4/h5-7H,8H2,1-4H3,(H,14,18). The van der Waals surface area contributed by atoms with E-state index in [1.165, 1.54) is 0 Å². The molecular formula is C13H18N4O. The van der Waals surface area contributed by atoms with Gasteiger partial charge < -0.3 is 9.88 Å². The number of likely N-dealkylation sites (N-methyl/N-ethyl adjacent to an activating group) is 1. The fraction of sp³-hybridized carbons (Fsp3) is 0.462. The Kier molecular flexibility index (Phi) is 3.07. The van der Waals surface area contributed by atoms with E-state index in [1.54, 1.807) is 7.05 Å². The molecule has 0 fully saturated rings. The number of hydrogen-bond acceptors (Lipinski definition) is 3. The zero-order valence-corrected chi connectivity index (χ0v) is 11.2. The minimum Gasteiger partial charge on any atom is -0.358 e. The van der Waals surface area contributed by atoms with Crippen molar-refractivity contribution in [1.29, 1.82) is 0 Å². The highest BCUT2D eigenvalue weighted by Crippen LogP contribution is 2.21. The van der Waals surface area contributed by atoms with Crippen LogP contribution in [-0.4, -0.2) is 27.5 Å². The molecule has 0 spiro atoms. The number of nitrogens with zero attached hydrogens (tertiary/aromatic N) is 3. The molecule has 0 radical (unpaired) electrons. The molecule has 0 atom stereocenters. The fourth-order valence-corrected chi connectivity index (χ4v) is 1.69. The first-order valence-electron chi connectivity index (χ1n) is 5.95. The molecule has 0 saturated carbocycles. The van der Waals surface area contributed by atoms with Crippen LogP contribution in [0.25, 0.3) is 11.0 Å². The maximum Gasteiger partial charge on any atom is 0.239 e. The molecule has 0 aliphatic rings. The van der Waals surface area contributed by atoms with Crippen molar-refractivity contribution in [2.45, 2.75) is 32.7 Å². The minimum atomic E-state index is -0.101. The lowest BCUT2D eigenvalue weighted by molar-refractivity contribution is -0.121. The van der Waals surface area contributed by atoms with Gasteiger partial charge in [0.05, 0.1) is 0 Å². The Morgan fingerprint density at radius 1 is 1.44 bits per heavy atom. The van der Waals surface area contributed by atoms with Crippen LogP contribution in [0.15, 0.2) is 18.5 Å². The molecule has 2 rings (SSSR count). The van der Waals surface area contributed by atoms with Gasteiger partial charge in [-0.3, -0.25) is 4.79 Å². The number of aromatic nitrogens is 3. The van der Waals surface area contributed by atoms with E-state index in [0.717, 1.165) is 16.9 Å². The van der Waals surface area contributed by atoms with E-state index in [2.05, 4.69) is 36.1 Å². The van der Waals surface area contributed by atoms with E-state index in [1.807, 2.05) is 23.0 Å². The van der Waals surface area contributed by atoms with Gasteiger partial charge in [-0.25, -0.2) is 9.97 Å². The molecule has 0 saturated heterocycles. The van der Waals surface area contributed by atoms with Crippen molar-refractivity contribution in [2.24, 2.45) is 0 Å². The lowest BCUT2D eigenvalue weighted by Crippen LogP contribution is -2.23. The van der Waals surface area contributed by atoms with E-state index < -0.39 is 0 Å². The van der Waals surface area contributed by atoms with Gasteiger partial charge in [0.25, 0.3) is 0 Å². The molecular weight excluding hydrogens is 228 g/mol. The molecule has 18 heavy (non-hydrogen) atoms. The van der Waals surface area contributed by atoms with Crippen LogP contribution in [0.4, 0.5) is 0 Å². The summed E-state index contributed by atoms with van der Waals surface area (Å²) in [5.74, 6) is 0.746. The molecule has 0 bridgehead atoms. The fourth-order valence-electron chi connectivity index (χ4n) is 1.69. The lowest BCUT2D eigenvalue weighted by atomic mass is 9.96. The molecule has 0 aromatic carbocycles. The summed E-state index contributed by atoms with van der Waals surface area (Å²) in [5.41, 5.74) is 0.703. The Morgan fingerprint density at radius 2 is 2.17 bits per heavy atom. The van der Waals surface area contributed by atoms with Crippen molar-refractivity contribution in [2.75, 3.05) is 7.05 Å². The van der Waals surface area contributed by atoms with Crippen LogP contribution in [0.5, 0.6) is 0 Å². The van der Waals surface area contributed by atoms with Gasteiger partial charge in [0.2, 0.25) is 5.91 Å². The van der Waals surface area contributed by atoms with Crippen LogP contribution in [0.2, 0.25) is 0 Å². The number of fused-ring (bicyclic) bond motifs is 1. The Morgan fingerprint density at radius 3 is 2.78 bits per heavy atom. The van der Waals surface area contributed by atoms with Crippen molar-refractivity contribution in [3.63, 3.8) is 0 Å². The normalized spacial score (nSPS) is 11.8. The van der Waals surface area contributed by atoms with Gasteiger partial charge in [0.15, 0.2) is 0 Å². The van der Waals surface area contributed by atoms with E-state index >= 15 is 0 Å². The van der Waals surface area contributed by atoms with Gasteiger partial charge in [0.1, 0.15) is 18.0 Å². The van der Waals surface area contributed by atoms with Crippen molar-refractivity contribution < 1.29 is 4.79 Å². The molecule has 0 aliphatic heterocycles. The third kappa shape index (κ3) is 2.34. The molecule has 2 heterocycles. The highest BCUT2D eigenvalue weighted by Gasteiger charge is 2.18. The first kappa shape index (κ1) is 12.5. The van der Waals surface area contributed by atoms with Gasteiger partial charge >= 0.3 is 0 Å². The molecule has 1 amide bonds. The molecule has 2 aromatic heterocycles. The predicted octanol–water partition coefficient (Wildman–Crippen LogP) is 1.47. The van der Waals surface area contributed by atoms with Crippen molar-refractivity contribution in [3.05, 3.63) is 24.3 Å². The molecule has 5 heteroatoms. The summed E-state index contributed by atoms with van der Waals surface area (Å²) in [7, 11) is 1.63. The van der Waals surface area contributed by atoms with E-state index in [4.69, 9.17) is 0 Å². The summed E-state index contributed by atoms with van der Waals surface area (Å²) in [5, 5.41) is 3.56. The first-order chi connectivity index (χ1) is 8.41. The van der Waals surface area contributed by atoms with E-state index in [-0.39, 0.29) is 17.9 Å². The number of carbonyl (C=O) groups is 1. The third-order valence-electron chi connectivity index (χ3n) is 2.77. The second-order valence-electron chi connectivity index (χ2n) is 5.34. The highest BCUT2D eigenvalue weighted by atomic mass is 16.1. The summed E-state index contributed by atoms with van der Waals surface area (Å²) in [6, 6.07) is 1.92. The number of rotatable bonds is 2. The number of nitrogens with one attached hydrogen (secondary N) is 1. The van der Waals surface area contributed by atoms with E-state index in [0.29, 0.717) is 0 Å². The third-order valence-corrected chi connectivity index (χ3v) is 2.77. The average Bonchev–Trinajstić information content (AvgIpc) is 2.70. The van der Waals surface area contributed by atoms with Gasteiger partial charge in [-0.2, -0.15) is 0 Å².